The quantitative estimate of drug-likeness (QED) is 0.0702. The Hall–Kier alpha value is -5.63. The van der Waals surface area contributed by atoms with Crippen molar-refractivity contribution in [1.82, 2.24) is 19.9 Å². The number of likely N-dealkylation sites (N-methyl/N-ethyl adjacent to an activating group) is 1. The molecule has 0 spiro atoms. The number of carbonyl (C=O) groups is 1. The number of aromatic amines is 1. The zero-order chi connectivity index (χ0) is 41.1. The van der Waals surface area contributed by atoms with Crippen LogP contribution in [0.25, 0.3) is 22.2 Å². The lowest BCUT2D eigenvalue weighted by atomic mass is 10.0. The summed E-state index contributed by atoms with van der Waals surface area (Å²) in [5, 5.41) is 2.64. The molecule has 14 nitrogen and oxygen atoms in total. The lowest BCUT2D eigenvalue weighted by Crippen LogP contribution is -2.50. The number of ether oxygens (including phenoxy) is 2. The first-order chi connectivity index (χ1) is 27.1. The van der Waals surface area contributed by atoms with Crippen LogP contribution in [0.2, 0.25) is 0 Å². The zero-order valence-electron chi connectivity index (χ0n) is 31.1. The average molecular weight is 803 g/mol. The van der Waals surface area contributed by atoms with E-state index in [-0.39, 0.29) is 61.1 Å². The van der Waals surface area contributed by atoms with E-state index >= 15 is 0 Å². The van der Waals surface area contributed by atoms with Crippen LogP contribution in [0, 0.1) is 6.92 Å². The molecule has 20 heteroatoms. The first kappa shape index (κ1) is 41.0. The molecule has 2 aliphatic heterocycles. The fraction of sp³-hybridized carbons (Fsp3) is 0.432. The Balaban J connectivity index is 1.01. The maximum Gasteiger partial charge on any atom is 0.417 e. The summed E-state index contributed by atoms with van der Waals surface area (Å²) >= 11 is 0. The van der Waals surface area contributed by atoms with E-state index in [4.69, 9.17) is 15.2 Å². The molecule has 5 heterocycles. The SMILES string of the molecule is CCN1C(=O)CNc2ncc(-c3ccc(C(N)=NC=NCCOCCOC(C4CC[C@H](C)N4c4ccc5[nH]c(=O)cc(C(F)(F)F)c5c4)C(F)(F)F)nc3C)nc21. The molecular formula is C37H40F6N10O4. The zero-order valence-corrected chi connectivity index (χ0v) is 31.1. The van der Waals surface area contributed by atoms with Crippen LogP contribution >= 0.6 is 0 Å². The molecule has 4 aromatic rings. The van der Waals surface area contributed by atoms with Crippen molar-refractivity contribution in [2.75, 3.05) is 54.6 Å². The van der Waals surface area contributed by atoms with Gasteiger partial charge in [-0.05, 0) is 63.9 Å². The lowest BCUT2D eigenvalue weighted by molar-refractivity contribution is -0.228. The van der Waals surface area contributed by atoms with Crippen molar-refractivity contribution in [3.05, 3.63) is 69.9 Å². The second-order valence-corrected chi connectivity index (χ2v) is 13.4. The number of amidine groups is 1. The highest BCUT2D eigenvalue weighted by molar-refractivity contribution is 6.01. The lowest BCUT2D eigenvalue weighted by Gasteiger charge is -2.36. The van der Waals surface area contributed by atoms with Gasteiger partial charge in [-0.25, -0.2) is 19.9 Å². The number of H-pyrrole nitrogens is 1. The molecule has 0 radical (unpaired) electrons. The summed E-state index contributed by atoms with van der Waals surface area (Å²) < 4.78 is 95.2. The summed E-state index contributed by atoms with van der Waals surface area (Å²) in [5.41, 5.74) is 6.26. The number of aromatic nitrogens is 4. The summed E-state index contributed by atoms with van der Waals surface area (Å²) in [5.74, 6) is 0.934. The van der Waals surface area contributed by atoms with E-state index in [1.54, 1.807) is 37.1 Å². The van der Waals surface area contributed by atoms with E-state index in [9.17, 15) is 35.9 Å². The van der Waals surface area contributed by atoms with Crippen molar-refractivity contribution in [3.63, 3.8) is 0 Å². The Kier molecular flexibility index (Phi) is 12.1. The van der Waals surface area contributed by atoms with Crippen molar-refractivity contribution < 1.29 is 40.6 Å². The number of nitrogens with two attached hydrogens (primary N) is 1. The predicted molar refractivity (Wildman–Crippen MR) is 202 cm³/mol. The van der Waals surface area contributed by atoms with Crippen LogP contribution in [0.15, 0.2) is 57.4 Å². The summed E-state index contributed by atoms with van der Waals surface area (Å²) in [6, 6.07) is 6.02. The van der Waals surface area contributed by atoms with Crippen molar-refractivity contribution in [2.45, 2.75) is 64.2 Å². The molecular weight excluding hydrogens is 762 g/mol. The third-order valence-electron chi connectivity index (χ3n) is 9.64. The van der Waals surface area contributed by atoms with E-state index in [2.05, 4.69) is 35.2 Å². The Morgan fingerprint density at radius 1 is 1.07 bits per heavy atom. The number of aryl methyl sites for hydroxylation is 1. The molecule has 1 fully saturated rings. The Morgan fingerprint density at radius 3 is 2.58 bits per heavy atom. The predicted octanol–water partition coefficient (Wildman–Crippen LogP) is 5.24. The van der Waals surface area contributed by atoms with Gasteiger partial charge in [-0.2, -0.15) is 26.3 Å². The number of fused-ring (bicyclic) bond motifs is 2. The van der Waals surface area contributed by atoms with E-state index in [1.165, 1.54) is 23.4 Å². The number of carbonyl (C=O) groups excluding carboxylic acids is 1. The van der Waals surface area contributed by atoms with Crippen LogP contribution in [0.1, 0.15) is 43.6 Å². The number of benzene rings is 1. The average Bonchev–Trinajstić information content (AvgIpc) is 3.53. The first-order valence-electron chi connectivity index (χ1n) is 18.1. The number of hydrogen-bond acceptors (Lipinski definition) is 10. The highest BCUT2D eigenvalue weighted by atomic mass is 19.4. The van der Waals surface area contributed by atoms with E-state index in [1.807, 2.05) is 6.92 Å². The molecule has 4 N–H and O–H groups in total. The standard InChI is InChI=1S/C37H40F6N10O4/c1-4-52-31(55)18-47-34-35(52)51-28(17-46-34)23-7-9-27(49-21(23)3)33(44)48-19-45-11-12-56-13-14-57-32(37(41,42)43)29-10-5-20(2)53(29)22-6-8-26-24(15-22)25(36(38,39)40)16-30(54)50-26/h6-9,15-17,19-20,29,32H,4-5,10-14,18H2,1-3H3,(H,46,47)(H,50,54)(H2,44,45,48)/t20-,29?,32?/m0/s1. The molecule has 3 atom stereocenters. The van der Waals surface area contributed by atoms with Crippen LogP contribution < -0.4 is 26.4 Å². The van der Waals surface area contributed by atoms with E-state index in [0.29, 0.717) is 53.3 Å². The third kappa shape index (κ3) is 9.17. The molecule has 0 bridgehead atoms. The topological polar surface area (TPSA) is 176 Å². The minimum atomic E-state index is -4.85. The Bertz CT molecular complexity index is 2230. The van der Waals surface area contributed by atoms with Crippen molar-refractivity contribution in [2.24, 2.45) is 15.7 Å². The maximum absolute atomic E-state index is 14.4. The van der Waals surface area contributed by atoms with Crippen LogP contribution in [-0.2, 0) is 20.4 Å². The number of anilines is 3. The van der Waals surface area contributed by atoms with Crippen molar-refractivity contribution >= 4 is 46.3 Å². The Labute approximate surface area is 322 Å². The molecule has 1 amide bonds. The summed E-state index contributed by atoms with van der Waals surface area (Å²) in [6.45, 7) is 5.50. The normalized spacial score (nSPS) is 18.4. The fourth-order valence-corrected chi connectivity index (χ4v) is 7.00. The molecule has 57 heavy (non-hydrogen) atoms. The summed E-state index contributed by atoms with van der Waals surface area (Å²) in [6.07, 6.45) is -8.64. The molecule has 1 aromatic carbocycles. The van der Waals surface area contributed by atoms with E-state index in [0.717, 1.165) is 6.07 Å². The second-order valence-electron chi connectivity index (χ2n) is 13.4. The smallest absolute Gasteiger partial charge is 0.382 e. The molecule has 3 aromatic heterocycles. The Morgan fingerprint density at radius 2 is 1.86 bits per heavy atom. The van der Waals surface area contributed by atoms with Gasteiger partial charge >= 0.3 is 12.4 Å². The van der Waals surface area contributed by atoms with Gasteiger partial charge < -0.3 is 30.4 Å². The minimum Gasteiger partial charge on any atom is -0.382 e. The van der Waals surface area contributed by atoms with Crippen molar-refractivity contribution in [1.29, 1.82) is 0 Å². The first-order valence-corrected chi connectivity index (χ1v) is 18.1. The van der Waals surface area contributed by atoms with Gasteiger partial charge in [-0.15, -0.1) is 0 Å². The maximum atomic E-state index is 14.4. The number of amides is 1. The van der Waals surface area contributed by atoms with Gasteiger partial charge in [0.1, 0.15) is 12.0 Å². The molecule has 0 aliphatic carbocycles. The number of hydrogen-bond donors (Lipinski definition) is 3. The monoisotopic (exact) mass is 802 g/mol. The van der Waals surface area contributed by atoms with Gasteiger partial charge in [0, 0.05) is 46.5 Å². The highest BCUT2D eigenvalue weighted by Gasteiger charge is 2.51. The van der Waals surface area contributed by atoms with Gasteiger partial charge in [0.2, 0.25) is 11.5 Å². The summed E-state index contributed by atoms with van der Waals surface area (Å²) in [7, 11) is 0. The number of alkyl halides is 6. The van der Waals surface area contributed by atoms with Gasteiger partial charge in [-0.3, -0.25) is 19.5 Å². The van der Waals surface area contributed by atoms with Gasteiger partial charge in [0.05, 0.1) is 56.4 Å². The number of pyridine rings is 2. The highest BCUT2D eigenvalue weighted by Crippen LogP contribution is 2.41. The molecule has 2 aliphatic rings. The number of nitrogens with zero attached hydrogens (tertiary/aromatic N) is 7. The van der Waals surface area contributed by atoms with Crippen LogP contribution in [0.3, 0.4) is 0 Å². The summed E-state index contributed by atoms with van der Waals surface area (Å²) in [4.78, 5) is 51.2. The number of rotatable bonds is 13. The van der Waals surface area contributed by atoms with Gasteiger partial charge in [0.15, 0.2) is 23.6 Å². The van der Waals surface area contributed by atoms with Crippen LogP contribution in [0.5, 0.6) is 0 Å². The number of halogens is 6. The van der Waals surface area contributed by atoms with Crippen molar-refractivity contribution in [3.8, 4) is 11.3 Å². The fourth-order valence-electron chi connectivity index (χ4n) is 7.00. The second kappa shape index (κ2) is 16.8. The largest absolute Gasteiger partial charge is 0.417 e. The molecule has 0 saturated carbocycles. The molecule has 304 valence electrons. The van der Waals surface area contributed by atoms with Crippen LogP contribution in [-0.4, -0.2) is 102 Å². The van der Waals surface area contributed by atoms with Crippen LogP contribution in [0.4, 0.5) is 43.7 Å². The molecule has 6 rings (SSSR count). The molecule has 2 unspecified atom stereocenters. The van der Waals surface area contributed by atoms with E-state index < -0.39 is 48.3 Å². The third-order valence-corrected chi connectivity index (χ3v) is 9.64. The number of aliphatic imine (C=N–C) groups is 2. The minimum absolute atomic E-state index is 0.0454. The number of nitrogens with one attached hydrogen (secondary N) is 2. The van der Waals surface area contributed by atoms with Gasteiger partial charge in [0.25, 0.3) is 0 Å². The molecule has 1 saturated heterocycles. The van der Waals surface area contributed by atoms with Gasteiger partial charge in [-0.1, -0.05) is 0 Å².